The van der Waals surface area contributed by atoms with Crippen LogP contribution >= 0.6 is 28.1 Å². The van der Waals surface area contributed by atoms with Crippen LogP contribution in [0.5, 0.6) is 5.75 Å². The number of nitrogens with one attached hydrogen (secondary N) is 1. The lowest BCUT2D eigenvalue weighted by atomic mass is 10.1. The second-order valence-electron chi connectivity index (χ2n) is 6.18. The molecule has 1 fully saturated rings. The van der Waals surface area contributed by atoms with E-state index < -0.39 is 30.4 Å². The van der Waals surface area contributed by atoms with Gasteiger partial charge in [-0.3, -0.25) is 19.8 Å². The van der Waals surface area contributed by atoms with Gasteiger partial charge in [-0.05, 0) is 54.7 Å². The average molecular weight is 505 g/mol. The van der Waals surface area contributed by atoms with Crippen LogP contribution in [0.4, 0.5) is 5.69 Å². The Morgan fingerprint density at radius 2 is 1.90 bits per heavy atom. The topological polar surface area (TPSA) is 133 Å². The number of benzene rings is 2. The van der Waals surface area contributed by atoms with Gasteiger partial charge in [-0.1, -0.05) is 22.0 Å². The van der Waals surface area contributed by atoms with E-state index in [0.29, 0.717) is 4.47 Å². The van der Waals surface area contributed by atoms with Crippen LogP contribution in [0.15, 0.2) is 52.5 Å². The van der Waals surface area contributed by atoms with Crippen LogP contribution < -0.4 is 15.0 Å². The number of hydrogen-bond acceptors (Lipinski definition) is 6. The lowest BCUT2D eigenvalue weighted by Gasteiger charge is -2.29. The molecule has 1 saturated heterocycles. The summed E-state index contributed by atoms with van der Waals surface area (Å²) >= 11 is 8.39. The molecule has 2 aromatic carbocycles. The molecule has 2 aromatic rings. The van der Waals surface area contributed by atoms with Gasteiger partial charge in [0, 0.05) is 10.0 Å². The number of anilines is 1. The van der Waals surface area contributed by atoms with E-state index in [1.54, 1.807) is 12.1 Å². The van der Waals surface area contributed by atoms with E-state index in [4.69, 9.17) is 22.1 Å². The number of amides is 2. The van der Waals surface area contributed by atoms with Crippen molar-refractivity contribution >= 4 is 68.8 Å². The predicted molar refractivity (Wildman–Crippen MR) is 117 cm³/mol. The third kappa shape index (κ3) is 4.95. The second-order valence-corrected chi connectivity index (χ2v) is 7.48. The SMILES string of the molecule is O=C(O)COc1ccc(Br)cc1C=C1C(=O)NC(=S)N(c2cccc(C(=O)O)c2)C1=O. The second kappa shape index (κ2) is 9.06. The molecule has 1 aliphatic rings. The standard InChI is InChI=1S/C20H13BrN2O7S/c21-12-4-5-15(30-9-16(24)25)11(6-12)8-14-17(26)22-20(31)23(18(14)27)13-3-1-2-10(7-13)19(28)29/h1-8H,9H2,(H,24,25)(H,28,29)(H,22,26,31). The molecule has 31 heavy (non-hydrogen) atoms. The molecule has 3 N–H and O–H groups in total. The zero-order valence-electron chi connectivity index (χ0n) is 15.5. The van der Waals surface area contributed by atoms with Crippen molar-refractivity contribution in [3.8, 4) is 5.75 Å². The van der Waals surface area contributed by atoms with Gasteiger partial charge in [-0.2, -0.15) is 0 Å². The summed E-state index contributed by atoms with van der Waals surface area (Å²) in [7, 11) is 0. The van der Waals surface area contributed by atoms with E-state index in [9.17, 15) is 24.3 Å². The molecule has 0 bridgehead atoms. The molecule has 158 valence electrons. The van der Waals surface area contributed by atoms with Gasteiger partial charge in [-0.15, -0.1) is 0 Å². The quantitative estimate of drug-likeness (QED) is 0.310. The Morgan fingerprint density at radius 3 is 2.58 bits per heavy atom. The third-order valence-corrected chi connectivity index (χ3v) is 4.85. The summed E-state index contributed by atoms with van der Waals surface area (Å²) in [5.41, 5.74) is 0.0815. The summed E-state index contributed by atoms with van der Waals surface area (Å²) < 4.78 is 5.83. The highest BCUT2D eigenvalue weighted by atomic mass is 79.9. The summed E-state index contributed by atoms with van der Waals surface area (Å²) in [6, 6.07) is 10.2. The van der Waals surface area contributed by atoms with E-state index in [0.717, 1.165) is 4.90 Å². The smallest absolute Gasteiger partial charge is 0.341 e. The summed E-state index contributed by atoms with van der Waals surface area (Å²) in [6.07, 6.45) is 1.25. The fraction of sp³-hybridized carbons (Fsp3) is 0.0500. The van der Waals surface area contributed by atoms with Gasteiger partial charge < -0.3 is 14.9 Å². The molecule has 0 radical (unpaired) electrons. The molecule has 1 heterocycles. The normalized spacial score (nSPS) is 15.1. The van der Waals surface area contributed by atoms with Crippen LogP contribution in [-0.4, -0.2) is 45.7 Å². The van der Waals surface area contributed by atoms with E-state index in [2.05, 4.69) is 21.2 Å². The summed E-state index contributed by atoms with van der Waals surface area (Å²) in [5, 5.41) is 20.2. The van der Waals surface area contributed by atoms with Gasteiger partial charge >= 0.3 is 11.9 Å². The first-order valence-electron chi connectivity index (χ1n) is 8.56. The molecule has 11 heteroatoms. The molecule has 0 spiro atoms. The minimum absolute atomic E-state index is 0.0631. The van der Waals surface area contributed by atoms with Crippen molar-refractivity contribution in [2.75, 3.05) is 11.5 Å². The maximum absolute atomic E-state index is 13.1. The van der Waals surface area contributed by atoms with Crippen LogP contribution in [0.3, 0.4) is 0 Å². The number of carboxylic acid groups (broad SMARTS) is 2. The number of hydrogen-bond donors (Lipinski definition) is 3. The number of aliphatic carboxylic acids is 1. The Bertz CT molecular complexity index is 1160. The largest absolute Gasteiger partial charge is 0.481 e. The van der Waals surface area contributed by atoms with E-state index in [1.807, 2.05) is 0 Å². The van der Waals surface area contributed by atoms with Gasteiger partial charge in [0.1, 0.15) is 11.3 Å². The highest BCUT2D eigenvalue weighted by Crippen LogP contribution is 2.28. The monoisotopic (exact) mass is 504 g/mol. The molecule has 9 nitrogen and oxygen atoms in total. The summed E-state index contributed by atoms with van der Waals surface area (Å²) in [5.74, 6) is -3.77. The molecule has 0 aromatic heterocycles. The van der Waals surface area contributed by atoms with Crippen molar-refractivity contribution in [2.24, 2.45) is 0 Å². The molecule has 0 unspecified atom stereocenters. The number of ether oxygens (including phenoxy) is 1. The van der Waals surface area contributed by atoms with Gasteiger partial charge in [-0.25, -0.2) is 9.59 Å². The molecule has 1 aliphatic heterocycles. The van der Waals surface area contributed by atoms with Crippen molar-refractivity contribution in [2.45, 2.75) is 0 Å². The van der Waals surface area contributed by atoms with Gasteiger partial charge in [0.05, 0.1) is 11.3 Å². The lowest BCUT2D eigenvalue weighted by Crippen LogP contribution is -2.54. The molecule has 3 rings (SSSR count). The Kier molecular flexibility index (Phi) is 6.47. The van der Waals surface area contributed by atoms with Crippen molar-refractivity contribution < 1.29 is 34.1 Å². The van der Waals surface area contributed by atoms with Crippen LogP contribution in [0.2, 0.25) is 0 Å². The minimum atomic E-state index is -1.19. The lowest BCUT2D eigenvalue weighted by molar-refractivity contribution is -0.139. The molecule has 0 saturated carbocycles. The molecular formula is C20H13BrN2O7S. The van der Waals surface area contributed by atoms with Crippen LogP contribution in [0, 0.1) is 0 Å². The summed E-state index contributed by atoms with van der Waals surface area (Å²) in [4.78, 5) is 48.7. The maximum Gasteiger partial charge on any atom is 0.341 e. The highest BCUT2D eigenvalue weighted by molar-refractivity contribution is 9.10. The van der Waals surface area contributed by atoms with E-state index >= 15 is 0 Å². The number of carbonyl (C=O) groups excluding carboxylic acids is 2. The molecule has 0 atom stereocenters. The van der Waals surface area contributed by atoms with E-state index in [-0.39, 0.29) is 33.2 Å². The Balaban J connectivity index is 2.04. The van der Waals surface area contributed by atoms with Gasteiger partial charge in [0.2, 0.25) is 0 Å². The Morgan fingerprint density at radius 1 is 1.16 bits per heavy atom. The van der Waals surface area contributed by atoms with Crippen molar-refractivity contribution in [3.05, 3.63) is 63.6 Å². The zero-order valence-corrected chi connectivity index (χ0v) is 17.9. The number of nitrogens with zero attached hydrogens (tertiary/aromatic N) is 1. The van der Waals surface area contributed by atoms with E-state index in [1.165, 1.54) is 36.4 Å². The number of halogens is 1. The fourth-order valence-electron chi connectivity index (χ4n) is 2.73. The molecule has 2 amide bonds. The van der Waals surface area contributed by atoms with Crippen LogP contribution in [0.1, 0.15) is 15.9 Å². The van der Waals surface area contributed by atoms with Crippen LogP contribution in [-0.2, 0) is 14.4 Å². The summed E-state index contributed by atoms with van der Waals surface area (Å²) in [6.45, 7) is -0.615. The number of aromatic carboxylic acids is 1. The molecule has 0 aliphatic carbocycles. The van der Waals surface area contributed by atoms with Gasteiger partial charge in [0.15, 0.2) is 11.7 Å². The van der Waals surface area contributed by atoms with Crippen molar-refractivity contribution in [1.29, 1.82) is 0 Å². The highest BCUT2D eigenvalue weighted by Gasteiger charge is 2.35. The first-order chi connectivity index (χ1) is 14.7. The number of rotatable bonds is 6. The number of thiocarbonyl (C=S) groups is 1. The average Bonchev–Trinajstić information content (AvgIpc) is 2.70. The van der Waals surface area contributed by atoms with Crippen molar-refractivity contribution in [1.82, 2.24) is 5.32 Å². The van der Waals surface area contributed by atoms with Crippen molar-refractivity contribution in [3.63, 3.8) is 0 Å². The maximum atomic E-state index is 13.1. The Labute approximate surface area is 189 Å². The van der Waals surface area contributed by atoms with Crippen LogP contribution in [0.25, 0.3) is 6.08 Å². The number of carbonyl (C=O) groups is 4. The third-order valence-electron chi connectivity index (χ3n) is 4.08. The zero-order chi connectivity index (χ0) is 22.7. The Hall–Kier alpha value is -3.57. The number of carboxylic acids is 2. The van der Waals surface area contributed by atoms with Gasteiger partial charge in [0.25, 0.3) is 11.8 Å². The first kappa shape index (κ1) is 22.1. The fourth-order valence-corrected chi connectivity index (χ4v) is 3.39. The molecular weight excluding hydrogens is 492 g/mol. The predicted octanol–water partition coefficient (Wildman–Crippen LogP) is 2.44. The minimum Gasteiger partial charge on any atom is -0.481 e. The first-order valence-corrected chi connectivity index (χ1v) is 9.76.